The SMILES string of the molecule is Cc1noc(-c2ccccc2Cl)c1C(=O)NCCc1ccc(F)cc1. The van der Waals surface area contributed by atoms with Gasteiger partial charge < -0.3 is 9.84 Å². The number of aryl methyl sites for hydroxylation is 1. The average molecular weight is 359 g/mol. The zero-order valence-electron chi connectivity index (χ0n) is 13.6. The van der Waals surface area contributed by atoms with Gasteiger partial charge in [0, 0.05) is 12.1 Å². The zero-order chi connectivity index (χ0) is 17.8. The summed E-state index contributed by atoms with van der Waals surface area (Å²) in [6, 6.07) is 13.3. The van der Waals surface area contributed by atoms with Gasteiger partial charge in [-0.1, -0.05) is 41.0 Å². The lowest BCUT2D eigenvalue weighted by Gasteiger charge is -2.07. The van der Waals surface area contributed by atoms with Crippen LogP contribution in [0.4, 0.5) is 4.39 Å². The maximum atomic E-state index is 12.9. The molecule has 0 saturated carbocycles. The summed E-state index contributed by atoms with van der Waals surface area (Å²) >= 11 is 6.19. The maximum absolute atomic E-state index is 12.9. The highest BCUT2D eigenvalue weighted by Gasteiger charge is 2.22. The standard InChI is InChI=1S/C19H16ClFN2O2/c1-12-17(18(25-23-12)15-4-2-3-5-16(15)20)19(24)22-11-10-13-6-8-14(21)9-7-13/h2-9H,10-11H2,1H3,(H,22,24). The van der Waals surface area contributed by atoms with E-state index in [2.05, 4.69) is 10.5 Å². The molecule has 3 rings (SSSR count). The Kier molecular flexibility index (Phi) is 5.14. The van der Waals surface area contributed by atoms with Gasteiger partial charge in [-0.2, -0.15) is 0 Å². The van der Waals surface area contributed by atoms with Crippen LogP contribution in [0.15, 0.2) is 53.1 Å². The number of carbonyl (C=O) groups is 1. The number of nitrogens with one attached hydrogen (secondary N) is 1. The number of aromatic nitrogens is 1. The van der Waals surface area contributed by atoms with Gasteiger partial charge in [0.05, 0.1) is 10.7 Å². The molecule has 128 valence electrons. The van der Waals surface area contributed by atoms with Gasteiger partial charge in [-0.05, 0) is 43.2 Å². The normalized spacial score (nSPS) is 10.7. The molecule has 0 unspecified atom stereocenters. The van der Waals surface area contributed by atoms with Crippen molar-refractivity contribution in [2.45, 2.75) is 13.3 Å². The molecule has 1 N–H and O–H groups in total. The second-order valence-electron chi connectivity index (χ2n) is 5.58. The van der Waals surface area contributed by atoms with Crippen LogP contribution in [0.25, 0.3) is 11.3 Å². The number of nitrogens with zero attached hydrogens (tertiary/aromatic N) is 1. The molecule has 1 aromatic heterocycles. The lowest BCUT2D eigenvalue weighted by molar-refractivity contribution is 0.0954. The van der Waals surface area contributed by atoms with E-state index in [1.54, 1.807) is 37.3 Å². The molecule has 0 bridgehead atoms. The zero-order valence-corrected chi connectivity index (χ0v) is 14.3. The summed E-state index contributed by atoms with van der Waals surface area (Å²) in [6.45, 7) is 2.12. The Bertz CT molecular complexity index is 891. The fraction of sp³-hybridized carbons (Fsp3) is 0.158. The first-order chi connectivity index (χ1) is 12.1. The number of hydrogen-bond donors (Lipinski definition) is 1. The van der Waals surface area contributed by atoms with Crippen molar-refractivity contribution < 1.29 is 13.7 Å². The van der Waals surface area contributed by atoms with E-state index in [9.17, 15) is 9.18 Å². The largest absolute Gasteiger partial charge is 0.355 e. The molecule has 0 fully saturated rings. The van der Waals surface area contributed by atoms with Crippen molar-refractivity contribution in [2.75, 3.05) is 6.54 Å². The van der Waals surface area contributed by atoms with Gasteiger partial charge in [0.25, 0.3) is 5.91 Å². The predicted molar refractivity (Wildman–Crippen MR) is 94.1 cm³/mol. The molecule has 0 aliphatic rings. The number of hydrogen-bond acceptors (Lipinski definition) is 3. The number of amides is 1. The van der Waals surface area contributed by atoms with Crippen LogP contribution in [0, 0.1) is 12.7 Å². The van der Waals surface area contributed by atoms with Crippen molar-refractivity contribution in [1.82, 2.24) is 10.5 Å². The van der Waals surface area contributed by atoms with Crippen LogP contribution < -0.4 is 5.32 Å². The molecule has 3 aromatic rings. The van der Waals surface area contributed by atoms with E-state index in [0.29, 0.717) is 40.6 Å². The van der Waals surface area contributed by atoms with E-state index in [-0.39, 0.29) is 11.7 Å². The van der Waals surface area contributed by atoms with Gasteiger partial charge in [-0.25, -0.2) is 4.39 Å². The molecule has 0 spiro atoms. The summed E-state index contributed by atoms with van der Waals surface area (Å²) in [4.78, 5) is 12.6. The number of carbonyl (C=O) groups excluding carboxylic acids is 1. The first-order valence-corrected chi connectivity index (χ1v) is 8.18. The van der Waals surface area contributed by atoms with Crippen LogP contribution in [-0.2, 0) is 6.42 Å². The minimum atomic E-state index is -0.282. The van der Waals surface area contributed by atoms with Gasteiger partial charge in [0.15, 0.2) is 5.76 Å². The van der Waals surface area contributed by atoms with Crippen LogP contribution in [0.3, 0.4) is 0 Å². The van der Waals surface area contributed by atoms with Crippen molar-refractivity contribution in [1.29, 1.82) is 0 Å². The monoisotopic (exact) mass is 358 g/mol. The third-order valence-electron chi connectivity index (χ3n) is 3.82. The maximum Gasteiger partial charge on any atom is 0.257 e. The first-order valence-electron chi connectivity index (χ1n) is 7.80. The van der Waals surface area contributed by atoms with Crippen LogP contribution in [-0.4, -0.2) is 17.6 Å². The topological polar surface area (TPSA) is 55.1 Å². The smallest absolute Gasteiger partial charge is 0.257 e. The number of benzene rings is 2. The molecular weight excluding hydrogens is 343 g/mol. The molecule has 1 amide bonds. The quantitative estimate of drug-likeness (QED) is 0.734. The van der Waals surface area contributed by atoms with E-state index in [1.165, 1.54) is 12.1 Å². The summed E-state index contributed by atoms with van der Waals surface area (Å²) in [6.07, 6.45) is 0.595. The van der Waals surface area contributed by atoms with E-state index in [1.807, 2.05) is 6.07 Å². The second-order valence-corrected chi connectivity index (χ2v) is 5.99. The third-order valence-corrected chi connectivity index (χ3v) is 4.15. The molecule has 6 heteroatoms. The Balaban J connectivity index is 1.73. The van der Waals surface area contributed by atoms with Crippen LogP contribution in [0.1, 0.15) is 21.6 Å². The minimum Gasteiger partial charge on any atom is -0.355 e. The average Bonchev–Trinajstić information content (AvgIpc) is 2.98. The minimum absolute atomic E-state index is 0.280. The molecule has 0 aliphatic carbocycles. The van der Waals surface area contributed by atoms with Gasteiger partial charge in [-0.3, -0.25) is 4.79 Å². The number of halogens is 2. The molecule has 0 atom stereocenters. The molecule has 25 heavy (non-hydrogen) atoms. The van der Waals surface area contributed by atoms with Gasteiger partial charge >= 0.3 is 0 Å². The molecule has 1 heterocycles. The molecule has 4 nitrogen and oxygen atoms in total. The highest BCUT2D eigenvalue weighted by molar-refractivity contribution is 6.33. The summed E-state index contributed by atoms with van der Waals surface area (Å²) in [5, 5.41) is 7.22. The Labute approximate surface area is 149 Å². The Morgan fingerprint density at radius 3 is 2.64 bits per heavy atom. The summed E-state index contributed by atoms with van der Waals surface area (Å²) in [5.41, 5.74) is 2.42. The molecule has 0 radical (unpaired) electrons. The van der Waals surface area contributed by atoms with Gasteiger partial charge in [0.1, 0.15) is 11.4 Å². The van der Waals surface area contributed by atoms with Crippen LogP contribution in [0.5, 0.6) is 0 Å². The van der Waals surface area contributed by atoms with E-state index < -0.39 is 0 Å². The van der Waals surface area contributed by atoms with Gasteiger partial charge in [0.2, 0.25) is 0 Å². The second kappa shape index (κ2) is 7.49. The Hall–Kier alpha value is -2.66. The first kappa shape index (κ1) is 17.2. The molecule has 0 saturated heterocycles. The molecule has 0 aliphatic heterocycles. The molecular formula is C19H16ClFN2O2. The fourth-order valence-corrected chi connectivity index (χ4v) is 2.75. The fourth-order valence-electron chi connectivity index (χ4n) is 2.53. The summed E-state index contributed by atoms with van der Waals surface area (Å²) in [7, 11) is 0. The molecule has 2 aromatic carbocycles. The lowest BCUT2D eigenvalue weighted by atomic mass is 10.1. The highest BCUT2D eigenvalue weighted by atomic mass is 35.5. The number of rotatable bonds is 5. The Morgan fingerprint density at radius 2 is 1.92 bits per heavy atom. The van der Waals surface area contributed by atoms with E-state index >= 15 is 0 Å². The summed E-state index contributed by atoms with van der Waals surface area (Å²) in [5.74, 6) is -0.213. The highest BCUT2D eigenvalue weighted by Crippen LogP contribution is 2.31. The van der Waals surface area contributed by atoms with Gasteiger partial charge in [-0.15, -0.1) is 0 Å². The van der Waals surface area contributed by atoms with Crippen molar-refractivity contribution in [2.24, 2.45) is 0 Å². The Morgan fingerprint density at radius 1 is 1.20 bits per heavy atom. The van der Waals surface area contributed by atoms with E-state index in [4.69, 9.17) is 16.1 Å². The predicted octanol–water partition coefficient (Wildman–Crippen LogP) is 4.42. The van der Waals surface area contributed by atoms with Crippen LogP contribution >= 0.6 is 11.6 Å². The van der Waals surface area contributed by atoms with Crippen molar-refractivity contribution in [3.8, 4) is 11.3 Å². The van der Waals surface area contributed by atoms with Crippen molar-refractivity contribution in [3.05, 3.63) is 76.2 Å². The van der Waals surface area contributed by atoms with E-state index in [0.717, 1.165) is 5.56 Å². The van der Waals surface area contributed by atoms with Crippen LogP contribution in [0.2, 0.25) is 5.02 Å². The third kappa shape index (κ3) is 3.88. The summed E-state index contributed by atoms with van der Waals surface area (Å²) < 4.78 is 18.2. The van der Waals surface area contributed by atoms with Crippen molar-refractivity contribution in [3.63, 3.8) is 0 Å². The van der Waals surface area contributed by atoms with Crippen molar-refractivity contribution >= 4 is 17.5 Å². The lowest BCUT2D eigenvalue weighted by Crippen LogP contribution is -2.26.